The first-order valence-corrected chi connectivity index (χ1v) is 12.4. The summed E-state index contributed by atoms with van der Waals surface area (Å²) in [5.74, 6) is -0.220. The van der Waals surface area contributed by atoms with Gasteiger partial charge in [-0.15, -0.1) is 5.10 Å². The maximum absolute atomic E-state index is 13.2. The van der Waals surface area contributed by atoms with Gasteiger partial charge < -0.3 is 19.6 Å². The second-order valence-electron chi connectivity index (χ2n) is 9.08. The van der Waals surface area contributed by atoms with Gasteiger partial charge in [0.1, 0.15) is 0 Å². The Bertz CT molecular complexity index is 1880. The number of nitrogens with zero attached hydrogens (tertiary/aromatic N) is 5. The molecule has 0 aliphatic carbocycles. The van der Waals surface area contributed by atoms with Gasteiger partial charge in [0, 0.05) is 36.0 Å². The number of pyridine rings is 1. The van der Waals surface area contributed by atoms with Crippen LogP contribution in [-0.4, -0.2) is 32.5 Å². The van der Waals surface area contributed by atoms with Crippen LogP contribution in [0.5, 0.6) is 0 Å². The largest absolute Gasteiger partial charge is 0.403 e. The van der Waals surface area contributed by atoms with Crippen molar-refractivity contribution in [1.29, 1.82) is 5.26 Å². The van der Waals surface area contributed by atoms with Gasteiger partial charge in [0.15, 0.2) is 0 Å². The summed E-state index contributed by atoms with van der Waals surface area (Å²) >= 11 is 0. The van der Waals surface area contributed by atoms with Gasteiger partial charge in [0.25, 0.3) is 5.91 Å². The molecule has 6 rings (SSSR count). The van der Waals surface area contributed by atoms with Crippen LogP contribution < -0.4 is 16.2 Å². The molecule has 10 nitrogen and oxygen atoms in total. The molecule has 40 heavy (non-hydrogen) atoms. The second-order valence-corrected chi connectivity index (χ2v) is 9.08. The van der Waals surface area contributed by atoms with Crippen molar-refractivity contribution in [2.75, 3.05) is 10.6 Å². The van der Waals surface area contributed by atoms with Crippen molar-refractivity contribution in [3.63, 3.8) is 0 Å². The molecule has 1 aliphatic heterocycles. The van der Waals surface area contributed by atoms with E-state index in [0.29, 0.717) is 33.7 Å². The second kappa shape index (κ2) is 10.2. The number of amides is 1. The number of carbonyl (C=O) groups excluding carboxylic acids is 1. The number of benzodiazepines with no additional fused rings is 1. The molecule has 3 aromatic carbocycles. The van der Waals surface area contributed by atoms with E-state index in [2.05, 4.69) is 26.9 Å². The Morgan fingerprint density at radius 1 is 0.900 bits per heavy atom. The average molecular weight is 528 g/mol. The highest BCUT2D eigenvalue weighted by Gasteiger charge is 2.27. The smallest absolute Gasteiger partial charge is 0.317 e. The van der Waals surface area contributed by atoms with Gasteiger partial charge in [-0.25, -0.2) is 4.99 Å². The van der Waals surface area contributed by atoms with E-state index in [1.54, 1.807) is 37.5 Å². The van der Waals surface area contributed by atoms with Crippen LogP contribution in [0.2, 0.25) is 0 Å². The minimum atomic E-state index is -1.06. The Morgan fingerprint density at radius 2 is 1.70 bits per heavy atom. The fourth-order valence-corrected chi connectivity index (χ4v) is 4.48. The molecule has 194 valence electrons. The maximum Gasteiger partial charge on any atom is 0.317 e. The molecule has 2 aromatic heterocycles. The van der Waals surface area contributed by atoms with Gasteiger partial charge >= 0.3 is 6.01 Å². The standard InChI is InChI=1S/C30H21N7O3/c1-37-17-20(12-14-25(37)38)23-15-18(16-31)11-13-21(23)29-35-36-30(40-29)34-27-28(39)32-24-10-6-5-9-22(24)26(33-27)19-7-3-2-4-8-19/h2-15,17,27H,1H3,(H,32,39)(H,34,36)/t27-/m1/s1. The van der Waals surface area contributed by atoms with Gasteiger partial charge in [-0.1, -0.05) is 53.6 Å². The summed E-state index contributed by atoms with van der Waals surface area (Å²) in [6, 6.07) is 27.3. The van der Waals surface area contributed by atoms with Crippen LogP contribution >= 0.6 is 0 Å². The van der Waals surface area contributed by atoms with Crippen molar-refractivity contribution in [1.82, 2.24) is 14.8 Å². The van der Waals surface area contributed by atoms with Gasteiger partial charge in [-0.2, -0.15) is 5.26 Å². The number of hydrogen-bond acceptors (Lipinski definition) is 8. The molecule has 10 heteroatoms. The van der Waals surface area contributed by atoms with E-state index < -0.39 is 6.17 Å². The Labute approximate surface area is 228 Å². The number of nitriles is 1. The SMILES string of the molecule is Cn1cc(-c2cc(C#N)ccc2-c2nnc(N[C@H]3N=C(c4ccccc4)c4ccccc4NC3=O)o2)ccc1=O. The topological polar surface area (TPSA) is 138 Å². The summed E-state index contributed by atoms with van der Waals surface area (Å²) < 4.78 is 7.38. The lowest BCUT2D eigenvalue weighted by Gasteiger charge is -2.11. The summed E-state index contributed by atoms with van der Waals surface area (Å²) in [4.78, 5) is 29.9. The van der Waals surface area contributed by atoms with Gasteiger partial charge in [0.05, 0.1) is 23.0 Å². The van der Waals surface area contributed by atoms with E-state index in [-0.39, 0.29) is 23.4 Å². The van der Waals surface area contributed by atoms with Crippen molar-refractivity contribution in [2.45, 2.75) is 6.17 Å². The zero-order valence-electron chi connectivity index (χ0n) is 21.2. The van der Waals surface area contributed by atoms with E-state index in [9.17, 15) is 14.9 Å². The summed E-state index contributed by atoms with van der Waals surface area (Å²) in [6.45, 7) is 0. The summed E-state index contributed by atoms with van der Waals surface area (Å²) in [5.41, 5.74) is 5.08. The Kier molecular flexibility index (Phi) is 6.22. The Hall–Kier alpha value is -5.82. The first kappa shape index (κ1) is 24.5. The third kappa shape index (κ3) is 4.63. The van der Waals surface area contributed by atoms with Crippen molar-refractivity contribution >= 4 is 23.3 Å². The first-order valence-electron chi connectivity index (χ1n) is 12.4. The third-order valence-corrected chi connectivity index (χ3v) is 6.45. The Morgan fingerprint density at radius 3 is 2.50 bits per heavy atom. The number of rotatable bonds is 5. The van der Waals surface area contributed by atoms with Crippen LogP contribution in [0.3, 0.4) is 0 Å². The third-order valence-electron chi connectivity index (χ3n) is 6.45. The zero-order valence-corrected chi connectivity index (χ0v) is 21.2. The number of aromatic nitrogens is 3. The van der Waals surface area contributed by atoms with E-state index in [4.69, 9.17) is 9.41 Å². The van der Waals surface area contributed by atoms with Crippen LogP contribution in [0, 0.1) is 11.3 Å². The molecule has 0 saturated carbocycles. The first-order chi connectivity index (χ1) is 19.5. The predicted octanol–water partition coefficient (Wildman–Crippen LogP) is 4.20. The van der Waals surface area contributed by atoms with Crippen molar-refractivity contribution in [3.8, 4) is 28.7 Å². The number of aliphatic imine (C=N–C) groups is 1. The van der Waals surface area contributed by atoms with E-state index in [0.717, 1.165) is 11.1 Å². The van der Waals surface area contributed by atoms with Crippen molar-refractivity contribution in [3.05, 3.63) is 118 Å². The quantitative estimate of drug-likeness (QED) is 0.349. The molecule has 0 saturated heterocycles. The number of carbonyl (C=O) groups is 1. The lowest BCUT2D eigenvalue weighted by Crippen LogP contribution is -2.32. The van der Waals surface area contributed by atoms with Crippen molar-refractivity contribution < 1.29 is 9.21 Å². The monoisotopic (exact) mass is 527 g/mol. The molecule has 1 atom stereocenters. The molecule has 5 aromatic rings. The molecule has 3 heterocycles. The Balaban J connectivity index is 1.37. The molecule has 0 unspecified atom stereocenters. The number of aryl methyl sites for hydroxylation is 1. The van der Waals surface area contributed by atoms with E-state index in [1.807, 2.05) is 54.6 Å². The van der Waals surface area contributed by atoms with Crippen molar-refractivity contribution in [2.24, 2.45) is 12.0 Å². The highest BCUT2D eigenvalue weighted by atomic mass is 16.4. The lowest BCUT2D eigenvalue weighted by molar-refractivity contribution is -0.116. The van der Waals surface area contributed by atoms with Gasteiger partial charge in [-0.05, 0) is 41.5 Å². The number of hydrogen-bond donors (Lipinski definition) is 2. The number of para-hydroxylation sites is 1. The summed E-state index contributed by atoms with van der Waals surface area (Å²) in [6.07, 6.45) is 0.616. The zero-order chi connectivity index (χ0) is 27.6. The van der Waals surface area contributed by atoms with Crippen LogP contribution in [0.1, 0.15) is 16.7 Å². The molecule has 0 spiro atoms. The highest BCUT2D eigenvalue weighted by Crippen LogP contribution is 2.33. The van der Waals surface area contributed by atoms with Crippen LogP contribution in [0.25, 0.3) is 22.6 Å². The minimum absolute atomic E-state index is 0.00645. The highest BCUT2D eigenvalue weighted by molar-refractivity contribution is 6.19. The molecule has 0 radical (unpaired) electrons. The molecule has 0 fully saturated rings. The molecule has 0 bridgehead atoms. The van der Waals surface area contributed by atoms with Crippen LogP contribution in [0.15, 0.2) is 105 Å². The summed E-state index contributed by atoms with van der Waals surface area (Å²) in [7, 11) is 1.65. The van der Waals surface area contributed by atoms with E-state index >= 15 is 0 Å². The molecule has 1 amide bonds. The fraction of sp³-hybridized carbons (Fsp3) is 0.0667. The number of benzene rings is 3. The number of fused-ring (bicyclic) bond motifs is 1. The van der Waals surface area contributed by atoms with Crippen LogP contribution in [-0.2, 0) is 11.8 Å². The fourth-order valence-electron chi connectivity index (χ4n) is 4.48. The number of nitrogens with one attached hydrogen (secondary N) is 2. The van der Waals surface area contributed by atoms with Gasteiger partial charge in [-0.3, -0.25) is 9.59 Å². The predicted molar refractivity (Wildman–Crippen MR) is 150 cm³/mol. The molecule has 1 aliphatic rings. The lowest BCUT2D eigenvalue weighted by atomic mass is 9.98. The molecule has 2 N–H and O–H groups in total. The molecular formula is C30H21N7O3. The minimum Gasteiger partial charge on any atom is -0.403 e. The number of anilines is 2. The van der Waals surface area contributed by atoms with E-state index in [1.165, 1.54) is 10.6 Å². The average Bonchev–Trinajstić information content (AvgIpc) is 3.40. The normalized spacial score (nSPS) is 14.3. The summed E-state index contributed by atoms with van der Waals surface area (Å²) in [5, 5.41) is 23.6. The van der Waals surface area contributed by atoms with Gasteiger partial charge in [0.2, 0.25) is 17.6 Å². The molecular weight excluding hydrogens is 506 g/mol. The van der Waals surface area contributed by atoms with Crippen LogP contribution in [0.4, 0.5) is 11.7 Å². The maximum atomic E-state index is 13.2.